The summed E-state index contributed by atoms with van der Waals surface area (Å²) in [7, 11) is 0. The van der Waals surface area contributed by atoms with Crippen molar-refractivity contribution in [2.45, 2.75) is 294 Å². The van der Waals surface area contributed by atoms with Crippen LogP contribution < -0.4 is 5.32 Å². The number of allylic oxidation sites excluding steroid dienone is 13. The summed E-state index contributed by atoms with van der Waals surface area (Å²) in [4.78, 5) is 26.4. The lowest BCUT2D eigenvalue weighted by Crippen LogP contribution is -2.61. The van der Waals surface area contributed by atoms with Crippen molar-refractivity contribution in [3.05, 3.63) is 85.1 Å². The van der Waals surface area contributed by atoms with Gasteiger partial charge in [-0.25, -0.2) is 0 Å². The van der Waals surface area contributed by atoms with E-state index in [1.54, 1.807) is 6.08 Å². The molecule has 1 rings (SSSR count). The molecule has 6 N–H and O–H groups in total. The van der Waals surface area contributed by atoms with E-state index in [0.29, 0.717) is 12.8 Å². The van der Waals surface area contributed by atoms with Gasteiger partial charge in [0.25, 0.3) is 0 Å². The Morgan fingerprint density at radius 2 is 0.960 bits per heavy atom. The minimum Gasteiger partial charge on any atom is -0.454 e. The lowest BCUT2D eigenvalue weighted by atomic mass is 9.99. The number of ether oxygens (including phenoxy) is 3. The Balaban J connectivity index is 2.61. The van der Waals surface area contributed by atoms with Gasteiger partial charge in [-0.3, -0.25) is 9.59 Å². The molecule has 1 heterocycles. The van der Waals surface area contributed by atoms with E-state index in [1.807, 2.05) is 6.08 Å². The van der Waals surface area contributed by atoms with E-state index in [-0.39, 0.29) is 19.4 Å². The van der Waals surface area contributed by atoms with Gasteiger partial charge in [0.2, 0.25) is 5.91 Å². The van der Waals surface area contributed by atoms with E-state index < -0.39 is 67.4 Å². The van der Waals surface area contributed by atoms with Crippen LogP contribution in [0, 0.1) is 0 Å². The molecule has 75 heavy (non-hydrogen) atoms. The van der Waals surface area contributed by atoms with Gasteiger partial charge in [-0.05, 0) is 77.0 Å². The molecule has 0 aromatic heterocycles. The van der Waals surface area contributed by atoms with Crippen LogP contribution in [0.15, 0.2) is 85.1 Å². The van der Waals surface area contributed by atoms with Crippen LogP contribution in [-0.4, -0.2) is 99.6 Å². The third-order valence-corrected chi connectivity index (χ3v) is 13.8. The van der Waals surface area contributed by atoms with Crippen molar-refractivity contribution in [1.29, 1.82) is 0 Å². The van der Waals surface area contributed by atoms with Gasteiger partial charge in [-0.1, -0.05) is 247 Å². The highest BCUT2D eigenvalue weighted by atomic mass is 16.7. The van der Waals surface area contributed by atoms with E-state index in [2.05, 4.69) is 99.0 Å². The van der Waals surface area contributed by atoms with E-state index in [9.17, 15) is 35.1 Å². The van der Waals surface area contributed by atoms with Gasteiger partial charge in [-0.15, -0.1) is 0 Å². The summed E-state index contributed by atoms with van der Waals surface area (Å²) in [6.07, 6.45) is 56.3. The van der Waals surface area contributed by atoms with Crippen LogP contribution in [0.4, 0.5) is 0 Å². The lowest BCUT2D eigenvalue weighted by molar-refractivity contribution is -0.305. The zero-order valence-corrected chi connectivity index (χ0v) is 47.6. The third-order valence-electron chi connectivity index (χ3n) is 13.8. The monoisotopic (exact) mass is 1050 g/mol. The van der Waals surface area contributed by atoms with Crippen molar-refractivity contribution >= 4 is 11.9 Å². The molecule has 8 atom stereocenters. The van der Waals surface area contributed by atoms with E-state index in [4.69, 9.17) is 14.2 Å². The van der Waals surface area contributed by atoms with Crippen LogP contribution in [0.5, 0.6) is 0 Å². The molecule has 0 aliphatic carbocycles. The van der Waals surface area contributed by atoms with Gasteiger partial charge in [0.15, 0.2) is 12.4 Å². The average molecular weight is 1050 g/mol. The van der Waals surface area contributed by atoms with Gasteiger partial charge in [-0.2, -0.15) is 0 Å². The number of hydrogen-bond donors (Lipinski definition) is 6. The smallest absolute Gasteiger partial charge is 0.306 e. The Hall–Kier alpha value is -3.16. The Morgan fingerprint density at radius 1 is 0.533 bits per heavy atom. The lowest BCUT2D eigenvalue weighted by Gasteiger charge is -2.41. The fraction of sp³-hybridized carbons (Fsp3) is 0.750. The zero-order valence-electron chi connectivity index (χ0n) is 47.6. The summed E-state index contributed by atoms with van der Waals surface area (Å²) in [6, 6.07) is -1.03. The molecule has 11 nitrogen and oxygen atoms in total. The highest BCUT2D eigenvalue weighted by Crippen LogP contribution is 2.26. The first kappa shape index (κ1) is 69.9. The standard InChI is InChI=1S/C64H111NO10/c1-4-7-10-13-16-19-22-23-24-25-26-27-28-29-30-31-32-33-34-35-37-40-43-46-49-52-59(69)75-62-61(71)60(70)58(53-66)74-64(62)73-54-55(56(67)50-47-44-41-39-36-20-17-14-11-8-5-2)65-63(72)57(68)51-48-45-42-38-21-18-15-12-9-6-3/h7,10,16,19,23-24,26-27,29-30,32-33,47,50,55-58,60-62,64,66-68,70-71H,4-6,8-9,11-15,17-18,20-22,25,28,31,34-46,48-49,51-54H2,1-3H3,(H,65,72)/b10-7-,19-16-,24-23-,27-26-,30-29-,33-32-,50-47+. The van der Waals surface area contributed by atoms with Gasteiger partial charge < -0.3 is 45.1 Å². The predicted octanol–water partition coefficient (Wildman–Crippen LogP) is 14.2. The maximum Gasteiger partial charge on any atom is 0.306 e. The van der Waals surface area contributed by atoms with Crippen molar-refractivity contribution in [2.24, 2.45) is 0 Å². The molecule has 0 saturated carbocycles. The molecule has 1 amide bonds. The van der Waals surface area contributed by atoms with Crippen molar-refractivity contribution in [1.82, 2.24) is 5.32 Å². The van der Waals surface area contributed by atoms with Crippen molar-refractivity contribution in [2.75, 3.05) is 13.2 Å². The molecule has 432 valence electrons. The van der Waals surface area contributed by atoms with Gasteiger partial charge in [0.05, 0.1) is 25.4 Å². The number of nitrogens with one attached hydrogen (secondary N) is 1. The molecule has 1 saturated heterocycles. The molecule has 0 radical (unpaired) electrons. The number of unbranched alkanes of at least 4 members (excludes halogenated alkanes) is 24. The van der Waals surface area contributed by atoms with Gasteiger partial charge in [0, 0.05) is 6.42 Å². The van der Waals surface area contributed by atoms with Crippen LogP contribution in [0.25, 0.3) is 0 Å². The van der Waals surface area contributed by atoms with E-state index >= 15 is 0 Å². The van der Waals surface area contributed by atoms with E-state index in [1.165, 1.54) is 83.5 Å². The van der Waals surface area contributed by atoms with Crippen LogP contribution in [0.2, 0.25) is 0 Å². The number of rotatable bonds is 50. The van der Waals surface area contributed by atoms with Gasteiger partial charge in [0.1, 0.15) is 24.4 Å². The highest BCUT2D eigenvalue weighted by molar-refractivity contribution is 5.80. The molecular formula is C64H111NO10. The fourth-order valence-electron chi connectivity index (χ4n) is 9.01. The second-order valence-electron chi connectivity index (χ2n) is 20.7. The third kappa shape index (κ3) is 39.8. The minimum atomic E-state index is -1.62. The summed E-state index contributed by atoms with van der Waals surface area (Å²) >= 11 is 0. The summed E-state index contributed by atoms with van der Waals surface area (Å²) in [5, 5.41) is 56.8. The number of carbonyl (C=O) groups excluding carboxylic acids is 2. The Bertz CT molecular complexity index is 1540. The number of aliphatic hydroxyl groups excluding tert-OH is 5. The summed E-state index contributed by atoms with van der Waals surface area (Å²) in [5.74, 6) is -1.21. The van der Waals surface area contributed by atoms with Crippen molar-refractivity contribution in [3.63, 3.8) is 0 Å². The maximum absolute atomic E-state index is 13.3. The van der Waals surface area contributed by atoms with Crippen LogP contribution in [-0.2, 0) is 23.8 Å². The number of aliphatic hydroxyl groups is 5. The highest BCUT2D eigenvalue weighted by Gasteiger charge is 2.47. The molecule has 0 aromatic carbocycles. The molecule has 0 aromatic rings. The molecule has 1 aliphatic rings. The van der Waals surface area contributed by atoms with Crippen LogP contribution >= 0.6 is 0 Å². The fourth-order valence-corrected chi connectivity index (χ4v) is 9.01. The molecule has 1 fully saturated rings. The number of esters is 1. The minimum absolute atomic E-state index is 0.103. The summed E-state index contributed by atoms with van der Waals surface area (Å²) < 4.78 is 17.6. The molecular weight excluding hydrogens is 943 g/mol. The van der Waals surface area contributed by atoms with Crippen LogP contribution in [0.1, 0.15) is 245 Å². The van der Waals surface area contributed by atoms with Crippen LogP contribution in [0.3, 0.4) is 0 Å². The first-order valence-electron chi connectivity index (χ1n) is 30.4. The second kappa shape index (κ2) is 51.6. The van der Waals surface area contributed by atoms with Crippen molar-refractivity contribution in [3.8, 4) is 0 Å². The average Bonchev–Trinajstić information content (AvgIpc) is 3.41. The molecule has 1 aliphatic heterocycles. The predicted molar refractivity (Wildman–Crippen MR) is 310 cm³/mol. The number of carbonyl (C=O) groups is 2. The Labute approximate surface area is 457 Å². The maximum atomic E-state index is 13.3. The van der Waals surface area contributed by atoms with Gasteiger partial charge >= 0.3 is 5.97 Å². The van der Waals surface area contributed by atoms with E-state index in [0.717, 1.165) is 116 Å². The second-order valence-corrected chi connectivity index (χ2v) is 20.7. The zero-order chi connectivity index (χ0) is 54.7. The molecule has 8 unspecified atom stereocenters. The molecule has 0 spiro atoms. The number of hydrogen-bond acceptors (Lipinski definition) is 10. The first-order valence-corrected chi connectivity index (χ1v) is 30.4. The molecule has 11 heteroatoms. The topological polar surface area (TPSA) is 175 Å². The van der Waals surface area contributed by atoms with Crippen molar-refractivity contribution < 1.29 is 49.3 Å². The summed E-state index contributed by atoms with van der Waals surface area (Å²) in [6.45, 7) is 5.63. The normalized spacial score (nSPS) is 19.8. The Kier molecular flexibility index (Phi) is 48.0. The molecule has 0 bridgehead atoms. The Morgan fingerprint density at radius 3 is 1.44 bits per heavy atom. The number of amides is 1. The SMILES string of the molecule is CC/C=C\C/C=C\C/C=C\C/C=C\C/C=C\C/C=C\CCCCCCCCC(=O)OC1C(OCC(NC(=O)C(O)CCCCCCCCCCCC)C(O)/C=C/CCCCCCCCCCC)OC(CO)C(O)C1O. The first-order chi connectivity index (χ1) is 36.7. The summed E-state index contributed by atoms with van der Waals surface area (Å²) in [5.41, 5.74) is 0. The quantitative estimate of drug-likeness (QED) is 0.0195. The largest absolute Gasteiger partial charge is 0.454 e.